The Morgan fingerprint density at radius 3 is 2.60 bits per heavy atom. The molecule has 0 saturated heterocycles. The molecule has 1 fully saturated rings. The summed E-state index contributed by atoms with van der Waals surface area (Å²) in [6.07, 6.45) is 5.10. The topological polar surface area (TPSA) is 67.3 Å². The van der Waals surface area contributed by atoms with Crippen molar-refractivity contribution >= 4 is 17.4 Å². The summed E-state index contributed by atoms with van der Waals surface area (Å²) < 4.78 is 4.97. The lowest BCUT2D eigenvalue weighted by atomic mass is 9.71. The molecule has 0 radical (unpaired) electrons. The van der Waals surface area contributed by atoms with Crippen LogP contribution in [0.25, 0.3) is 0 Å². The molecule has 1 aliphatic rings. The Morgan fingerprint density at radius 2 is 2.00 bits per heavy atom. The van der Waals surface area contributed by atoms with Gasteiger partial charge in [0.1, 0.15) is 5.02 Å². The smallest absolute Gasteiger partial charge is 0.318 e. The third-order valence-corrected chi connectivity index (χ3v) is 4.30. The van der Waals surface area contributed by atoms with Gasteiger partial charge in [-0.15, -0.1) is 0 Å². The third-order valence-electron chi connectivity index (χ3n) is 4.02. The van der Waals surface area contributed by atoms with Crippen molar-refractivity contribution in [1.29, 1.82) is 0 Å². The van der Waals surface area contributed by atoms with Crippen LogP contribution in [0.1, 0.15) is 39.5 Å². The predicted molar refractivity (Wildman–Crippen MR) is 79.3 cm³/mol. The number of aliphatic hydroxyl groups is 1. The van der Waals surface area contributed by atoms with E-state index in [1.165, 1.54) is 13.3 Å². The van der Waals surface area contributed by atoms with Crippen molar-refractivity contribution in [2.45, 2.75) is 45.1 Å². The van der Waals surface area contributed by atoms with Gasteiger partial charge in [0, 0.05) is 6.54 Å². The molecule has 2 rings (SSSR count). The first kappa shape index (κ1) is 15.3. The van der Waals surface area contributed by atoms with Crippen LogP contribution in [-0.4, -0.2) is 34.3 Å². The maximum atomic E-state index is 10.6. The summed E-state index contributed by atoms with van der Waals surface area (Å²) in [5, 5.41) is 14.1. The molecule has 0 aliphatic heterocycles. The summed E-state index contributed by atoms with van der Waals surface area (Å²) in [5.41, 5.74) is -0.376. The van der Waals surface area contributed by atoms with E-state index < -0.39 is 5.60 Å². The summed E-state index contributed by atoms with van der Waals surface area (Å²) >= 11 is 6.04. The number of aromatic nitrogens is 2. The molecular formula is C14H22ClN3O2. The van der Waals surface area contributed by atoms with Gasteiger partial charge in [-0.3, -0.25) is 0 Å². The molecule has 0 amide bonds. The van der Waals surface area contributed by atoms with Crippen molar-refractivity contribution in [3.8, 4) is 6.01 Å². The molecular weight excluding hydrogens is 278 g/mol. The van der Waals surface area contributed by atoms with Crippen molar-refractivity contribution in [3.63, 3.8) is 0 Å². The number of ether oxygens (including phenoxy) is 1. The Hall–Kier alpha value is -1.07. The maximum absolute atomic E-state index is 10.6. The van der Waals surface area contributed by atoms with Crippen LogP contribution in [0.2, 0.25) is 5.02 Å². The molecule has 2 N–H and O–H groups in total. The number of nitrogens with one attached hydrogen (secondary N) is 1. The Balaban J connectivity index is 1.98. The standard InChI is InChI=1S/C14H22ClN3O2/c1-13(2)4-6-14(19,7-5-13)9-17-11-10(15)8-16-12(18-11)20-3/h8,19H,4-7,9H2,1-3H3,(H,16,17,18). The van der Waals surface area contributed by atoms with E-state index in [9.17, 15) is 5.11 Å². The van der Waals surface area contributed by atoms with Gasteiger partial charge in [0.2, 0.25) is 0 Å². The number of hydrogen-bond acceptors (Lipinski definition) is 5. The first-order valence-electron chi connectivity index (χ1n) is 6.86. The van der Waals surface area contributed by atoms with Crippen LogP contribution in [0, 0.1) is 5.41 Å². The quantitative estimate of drug-likeness (QED) is 0.895. The first-order chi connectivity index (χ1) is 9.34. The van der Waals surface area contributed by atoms with Crippen molar-refractivity contribution in [2.24, 2.45) is 5.41 Å². The average molecular weight is 300 g/mol. The molecule has 1 heterocycles. The fourth-order valence-electron chi connectivity index (χ4n) is 2.39. The van der Waals surface area contributed by atoms with E-state index in [1.807, 2.05) is 0 Å². The molecule has 1 aromatic heterocycles. The molecule has 1 aliphatic carbocycles. The van der Waals surface area contributed by atoms with Gasteiger partial charge in [-0.2, -0.15) is 4.98 Å². The predicted octanol–water partition coefficient (Wildman–Crippen LogP) is 2.88. The van der Waals surface area contributed by atoms with Gasteiger partial charge in [-0.25, -0.2) is 4.98 Å². The largest absolute Gasteiger partial charge is 0.467 e. The van der Waals surface area contributed by atoms with Crippen molar-refractivity contribution < 1.29 is 9.84 Å². The lowest BCUT2D eigenvalue weighted by molar-refractivity contribution is -0.0146. The van der Waals surface area contributed by atoms with Crippen LogP contribution >= 0.6 is 11.6 Å². The van der Waals surface area contributed by atoms with E-state index >= 15 is 0 Å². The van der Waals surface area contributed by atoms with Crippen LogP contribution in [0.4, 0.5) is 5.82 Å². The zero-order valence-electron chi connectivity index (χ0n) is 12.2. The van der Waals surface area contributed by atoms with Crippen LogP contribution in [0.5, 0.6) is 6.01 Å². The molecule has 112 valence electrons. The fraction of sp³-hybridized carbons (Fsp3) is 0.714. The lowest BCUT2D eigenvalue weighted by Crippen LogP contribution is -2.42. The van der Waals surface area contributed by atoms with E-state index in [2.05, 4.69) is 29.1 Å². The van der Waals surface area contributed by atoms with Crippen LogP contribution in [0.15, 0.2) is 6.20 Å². The minimum Gasteiger partial charge on any atom is -0.467 e. The molecule has 1 saturated carbocycles. The minimum atomic E-state index is -0.697. The van der Waals surface area contributed by atoms with Crippen molar-refractivity contribution in [3.05, 3.63) is 11.2 Å². The van der Waals surface area contributed by atoms with Crippen molar-refractivity contribution in [1.82, 2.24) is 9.97 Å². The Morgan fingerprint density at radius 1 is 1.35 bits per heavy atom. The van der Waals surface area contributed by atoms with Gasteiger partial charge in [-0.1, -0.05) is 25.4 Å². The second-order valence-electron chi connectivity index (χ2n) is 6.30. The molecule has 0 bridgehead atoms. The van der Waals surface area contributed by atoms with E-state index in [-0.39, 0.29) is 6.01 Å². The highest BCUT2D eigenvalue weighted by Gasteiger charge is 2.36. The lowest BCUT2D eigenvalue weighted by Gasteiger charge is -2.40. The van der Waals surface area contributed by atoms with Gasteiger partial charge < -0.3 is 15.2 Å². The highest BCUT2D eigenvalue weighted by molar-refractivity contribution is 6.32. The second kappa shape index (κ2) is 5.74. The highest BCUT2D eigenvalue weighted by atomic mass is 35.5. The zero-order valence-corrected chi connectivity index (χ0v) is 13.0. The van der Waals surface area contributed by atoms with E-state index in [0.717, 1.165) is 25.7 Å². The Kier molecular flexibility index (Phi) is 4.39. The van der Waals surface area contributed by atoms with Crippen LogP contribution < -0.4 is 10.1 Å². The summed E-state index contributed by atoms with van der Waals surface area (Å²) in [6, 6.07) is 0.258. The zero-order chi connectivity index (χ0) is 14.8. The molecule has 0 spiro atoms. The molecule has 0 aromatic carbocycles. The second-order valence-corrected chi connectivity index (χ2v) is 6.70. The van der Waals surface area contributed by atoms with Crippen molar-refractivity contribution in [2.75, 3.05) is 19.0 Å². The van der Waals surface area contributed by atoms with Gasteiger partial charge in [0.05, 0.1) is 18.9 Å². The number of rotatable bonds is 4. The van der Waals surface area contributed by atoms with Gasteiger partial charge >= 0.3 is 6.01 Å². The summed E-state index contributed by atoms with van der Waals surface area (Å²) in [5.74, 6) is 0.497. The van der Waals surface area contributed by atoms with E-state index in [0.29, 0.717) is 22.8 Å². The Bertz CT molecular complexity index is 469. The number of nitrogens with zero attached hydrogens (tertiary/aromatic N) is 2. The normalized spacial score (nSPS) is 20.4. The maximum Gasteiger partial charge on any atom is 0.318 e. The number of hydrogen-bond donors (Lipinski definition) is 2. The van der Waals surface area contributed by atoms with Gasteiger partial charge in [-0.05, 0) is 31.1 Å². The minimum absolute atomic E-state index is 0.258. The number of anilines is 1. The Labute approximate surface area is 124 Å². The average Bonchev–Trinajstić information content (AvgIpc) is 2.42. The van der Waals surface area contributed by atoms with Crippen LogP contribution in [-0.2, 0) is 0 Å². The highest BCUT2D eigenvalue weighted by Crippen LogP contribution is 2.40. The molecule has 20 heavy (non-hydrogen) atoms. The molecule has 0 unspecified atom stereocenters. The van der Waals surface area contributed by atoms with Gasteiger partial charge in [0.25, 0.3) is 0 Å². The molecule has 1 aromatic rings. The summed E-state index contributed by atoms with van der Waals surface area (Å²) in [6.45, 7) is 4.92. The van der Waals surface area contributed by atoms with Crippen LogP contribution in [0.3, 0.4) is 0 Å². The third kappa shape index (κ3) is 3.73. The molecule has 5 nitrogen and oxygen atoms in total. The summed E-state index contributed by atoms with van der Waals surface area (Å²) in [4.78, 5) is 8.07. The number of halogens is 1. The fourth-order valence-corrected chi connectivity index (χ4v) is 2.55. The number of methoxy groups -OCH3 is 1. The van der Waals surface area contributed by atoms with E-state index in [4.69, 9.17) is 16.3 Å². The first-order valence-corrected chi connectivity index (χ1v) is 7.24. The van der Waals surface area contributed by atoms with E-state index in [1.54, 1.807) is 0 Å². The molecule has 0 atom stereocenters. The monoisotopic (exact) mass is 299 g/mol. The molecule has 6 heteroatoms. The SMILES string of the molecule is COc1ncc(Cl)c(NCC2(O)CCC(C)(C)CC2)n1. The summed E-state index contributed by atoms with van der Waals surface area (Å²) in [7, 11) is 1.50. The van der Waals surface area contributed by atoms with Gasteiger partial charge in [0.15, 0.2) is 5.82 Å².